The quantitative estimate of drug-likeness (QED) is 0.525. The number of nitrogens with one attached hydrogen (secondary N) is 2. The summed E-state index contributed by atoms with van der Waals surface area (Å²) in [6.07, 6.45) is 5.02. The van der Waals surface area contributed by atoms with Gasteiger partial charge in [-0.1, -0.05) is 49.2 Å². The number of rotatable bonds is 8. The van der Waals surface area contributed by atoms with Crippen molar-refractivity contribution in [3.05, 3.63) is 65.2 Å². The maximum atomic E-state index is 12.4. The van der Waals surface area contributed by atoms with Crippen molar-refractivity contribution in [1.29, 1.82) is 0 Å². The maximum absolute atomic E-state index is 12.4. The molecule has 2 aromatic rings. The van der Waals surface area contributed by atoms with E-state index >= 15 is 0 Å². The molecule has 138 valence electrons. The van der Waals surface area contributed by atoms with E-state index in [2.05, 4.69) is 17.0 Å². The fourth-order valence-electron chi connectivity index (χ4n) is 2.12. The first-order valence-corrected chi connectivity index (χ1v) is 10.1. The van der Waals surface area contributed by atoms with Gasteiger partial charge in [-0.2, -0.15) is 0 Å². The monoisotopic (exact) mass is 392 g/mol. The van der Waals surface area contributed by atoms with Crippen molar-refractivity contribution in [2.45, 2.75) is 24.7 Å². The van der Waals surface area contributed by atoms with Crippen molar-refractivity contribution < 1.29 is 13.2 Å². The molecule has 1 amide bonds. The molecule has 0 aliphatic carbocycles. The second-order valence-electron chi connectivity index (χ2n) is 5.63. The summed E-state index contributed by atoms with van der Waals surface area (Å²) >= 11 is 5.99. The summed E-state index contributed by atoms with van der Waals surface area (Å²) in [5.41, 5.74) is 1.05. The zero-order valence-corrected chi connectivity index (χ0v) is 16.0. The summed E-state index contributed by atoms with van der Waals surface area (Å²) in [6.45, 7) is 2.70. The van der Waals surface area contributed by atoms with Crippen LogP contribution >= 0.6 is 11.6 Å². The maximum Gasteiger partial charge on any atom is 0.261 e. The summed E-state index contributed by atoms with van der Waals surface area (Å²) in [5, 5.41) is 3.10. The first-order valence-electron chi connectivity index (χ1n) is 8.25. The lowest BCUT2D eigenvalue weighted by atomic mass is 10.2. The Labute approximate surface area is 159 Å². The van der Waals surface area contributed by atoms with Crippen molar-refractivity contribution in [3.63, 3.8) is 0 Å². The minimum Gasteiger partial charge on any atom is -0.353 e. The number of amides is 1. The van der Waals surface area contributed by atoms with E-state index < -0.39 is 10.0 Å². The number of carbonyl (C=O) groups is 1. The second-order valence-corrected chi connectivity index (χ2v) is 7.72. The van der Waals surface area contributed by atoms with Crippen LogP contribution in [0.3, 0.4) is 0 Å². The minimum atomic E-state index is -3.74. The van der Waals surface area contributed by atoms with E-state index in [1.807, 2.05) is 0 Å². The molecule has 0 aromatic heterocycles. The van der Waals surface area contributed by atoms with E-state index in [1.54, 1.807) is 42.5 Å². The smallest absolute Gasteiger partial charge is 0.261 e. The Bertz CT molecular complexity index is 878. The van der Waals surface area contributed by atoms with Gasteiger partial charge >= 0.3 is 0 Å². The molecule has 2 N–H and O–H groups in total. The normalized spacial score (nSPS) is 11.5. The van der Waals surface area contributed by atoms with Gasteiger partial charge in [-0.25, -0.2) is 8.42 Å². The predicted octanol–water partition coefficient (Wildman–Crippen LogP) is 4.07. The third-order valence-corrected chi connectivity index (χ3v) is 5.28. The first kappa shape index (κ1) is 20.0. The number of unbranched alkanes of at least 4 members (excludes halogenated alkanes) is 1. The Hall–Kier alpha value is -2.31. The van der Waals surface area contributed by atoms with Crippen LogP contribution in [0.15, 0.2) is 59.5 Å². The molecule has 0 fully saturated rings. The summed E-state index contributed by atoms with van der Waals surface area (Å²) < 4.78 is 27.3. The fourth-order valence-corrected chi connectivity index (χ4v) is 3.44. The van der Waals surface area contributed by atoms with Gasteiger partial charge in [-0.05, 0) is 42.3 Å². The van der Waals surface area contributed by atoms with Crippen LogP contribution in [0.1, 0.15) is 25.3 Å². The molecule has 26 heavy (non-hydrogen) atoms. The number of para-hydroxylation sites is 1. The molecule has 0 atom stereocenters. The molecule has 0 aliphatic heterocycles. The van der Waals surface area contributed by atoms with Gasteiger partial charge in [0.05, 0.1) is 15.6 Å². The highest BCUT2D eigenvalue weighted by atomic mass is 35.5. The molecule has 2 rings (SSSR count). The molecule has 0 heterocycles. The van der Waals surface area contributed by atoms with Crippen LogP contribution in [0.2, 0.25) is 5.02 Å². The Kier molecular flexibility index (Phi) is 7.24. The van der Waals surface area contributed by atoms with Gasteiger partial charge in [0.25, 0.3) is 10.0 Å². The highest BCUT2D eigenvalue weighted by molar-refractivity contribution is 7.92. The molecule has 7 heteroatoms. The number of carbonyl (C=O) groups excluding carboxylic acids is 1. The van der Waals surface area contributed by atoms with Crippen molar-refractivity contribution >= 4 is 39.3 Å². The van der Waals surface area contributed by atoms with Crippen LogP contribution in [-0.2, 0) is 14.8 Å². The van der Waals surface area contributed by atoms with Crippen LogP contribution in [0.25, 0.3) is 6.08 Å². The number of benzene rings is 2. The molecule has 0 radical (unpaired) electrons. The predicted molar refractivity (Wildman–Crippen MR) is 106 cm³/mol. The van der Waals surface area contributed by atoms with Crippen LogP contribution < -0.4 is 10.0 Å². The highest BCUT2D eigenvalue weighted by Crippen LogP contribution is 2.24. The van der Waals surface area contributed by atoms with Gasteiger partial charge < -0.3 is 5.32 Å². The van der Waals surface area contributed by atoms with Gasteiger partial charge in [0, 0.05) is 12.6 Å². The van der Waals surface area contributed by atoms with Gasteiger partial charge in [0.15, 0.2) is 0 Å². The Morgan fingerprint density at radius 1 is 1.12 bits per heavy atom. The second kappa shape index (κ2) is 9.40. The average molecular weight is 393 g/mol. The summed E-state index contributed by atoms with van der Waals surface area (Å²) in [7, 11) is -3.74. The van der Waals surface area contributed by atoms with Crippen molar-refractivity contribution in [2.24, 2.45) is 0 Å². The molecular weight excluding hydrogens is 372 g/mol. The van der Waals surface area contributed by atoms with E-state index in [1.165, 1.54) is 18.2 Å². The third-order valence-electron chi connectivity index (χ3n) is 3.57. The molecule has 0 aliphatic rings. The van der Waals surface area contributed by atoms with Gasteiger partial charge in [-0.3, -0.25) is 9.52 Å². The molecule has 0 unspecified atom stereocenters. The highest BCUT2D eigenvalue weighted by Gasteiger charge is 2.15. The molecule has 0 saturated carbocycles. The Balaban J connectivity index is 2.04. The Morgan fingerprint density at radius 2 is 1.81 bits per heavy atom. The number of halogens is 1. The number of hydrogen-bond acceptors (Lipinski definition) is 3. The standard InChI is InChI=1S/C19H21ClN2O3S/c1-2-3-14-21-19(23)13-10-15-8-11-16(12-9-15)26(24,25)22-18-7-5-4-6-17(18)20/h4-13,22H,2-3,14H2,1H3,(H,21,23)/b13-10+. The van der Waals surface area contributed by atoms with Crippen molar-refractivity contribution in [3.8, 4) is 0 Å². The van der Waals surface area contributed by atoms with E-state index in [-0.39, 0.29) is 10.8 Å². The van der Waals surface area contributed by atoms with E-state index in [0.29, 0.717) is 17.3 Å². The first-order chi connectivity index (χ1) is 12.4. The largest absolute Gasteiger partial charge is 0.353 e. The van der Waals surface area contributed by atoms with Gasteiger partial charge in [0.1, 0.15) is 0 Å². The summed E-state index contributed by atoms with van der Waals surface area (Å²) in [6, 6.07) is 12.9. The lowest BCUT2D eigenvalue weighted by Gasteiger charge is -2.09. The zero-order valence-electron chi connectivity index (χ0n) is 14.4. The van der Waals surface area contributed by atoms with E-state index in [4.69, 9.17) is 11.6 Å². The molecule has 0 bridgehead atoms. The van der Waals surface area contributed by atoms with Crippen LogP contribution in [0.4, 0.5) is 5.69 Å². The molecule has 0 saturated heterocycles. The van der Waals surface area contributed by atoms with E-state index in [9.17, 15) is 13.2 Å². The lowest BCUT2D eigenvalue weighted by Crippen LogP contribution is -2.21. The molecule has 5 nitrogen and oxygen atoms in total. The molecule has 0 spiro atoms. The summed E-state index contributed by atoms with van der Waals surface area (Å²) in [5.74, 6) is -0.171. The van der Waals surface area contributed by atoms with E-state index in [0.717, 1.165) is 18.4 Å². The fraction of sp³-hybridized carbons (Fsp3) is 0.211. The average Bonchev–Trinajstić information content (AvgIpc) is 2.62. The zero-order chi connectivity index (χ0) is 19.0. The third kappa shape index (κ3) is 5.89. The number of sulfonamides is 1. The minimum absolute atomic E-state index is 0.113. The number of anilines is 1. The summed E-state index contributed by atoms with van der Waals surface area (Å²) in [4.78, 5) is 11.7. The lowest BCUT2D eigenvalue weighted by molar-refractivity contribution is -0.116. The Morgan fingerprint density at radius 3 is 2.46 bits per heavy atom. The van der Waals surface area contributed by atoms with Crippen molar-refractivity contribution in [2.75, 3.05) is 11.3 Å². The van der Waals surface area contributed by atoms with Crippen LogP contribution in [0, 0.1) is 0 Å². The van der Waals surface area contributed by atoms with Crippen LogP contribution in [0.5, 0.6) is 0 Å². The molecular formula is C19H21ClN2O3S. The van der Waals surface area contributed by atoms with Crippen LogP contribution in [-0.4, -0.2) is 20.9 Å². The van der Waals surface area contributed by atoms with Gasteiger partial charge in [-0.15, -0.1) is 0 Å². The molecule has 2 aromatic carbocycles. The SMILES string of the molecule is CCCCNC(=O)/C=C/c1ccc(S(=O)(=O)Nc2ccccc2Cl)cc1. The topological polar surface area (TPSA) is 75.3 Å². The van der Waals surface area contributed by atoms with Gasteiger partial charge in [0.2, 0.25) is 5.91 Å². The number of hydrogen-bond donors (Lipinski definition) is 2. The van der Waals surface area contributed by atoms with Crippen molar-refractivity contribution in [1.82, 2.24) is 5.32 Å².